The highest BCUT2D eigenvalue weighted by molar-refractivity contribution is 5.43. The average molecular weight is 411 g/mol. The summed E-state index contributed by atoms with van der Waals surface area (Å²) in [5.74, 6) is 1.07. The van der Waals surface area contributed by atoms with E-state index in [1.807, 2.05) is 24.3 Å². The van der Waals surface area contributed by atoms with Crippen LogP contribution in [0.2, 0.25) is 0 Å². The van der Waals surface area contributed by atoms with Gasteiger partial charge in [0.2, 0.25) is 0 Å². The standard InChI is InChI=1S/C28H42O2/c1-12-27(10)21(29)16-14-19(23(27)25(4,5)6)18(3)20-15-17-22(30)28(11,13-2)24(20)26(7,8)9/h12-18,23-24,29-30H,1-2H2,3-11H3. The minimum Gasteiger partial charge on any atom is -0.511 e. The van der Waals surface area contributed by atoms with E-state index in [1.165, 1.54) is 11.1 Å². The summed E-state index contributed by atoms with van der Waals surface area (Å²) in [6, 6.07) is 0. The normalized spacial score (nSPS) is 33.6. The molecule has 0 aromatic rings. The lowest BCUT2D eigenvalue weighted by atomic mass is 9.53. The second kappa shape index (κ2) is 7.62. The molecule has 0 aromatic heterocycles. The van der Waals surface area contributed by atoms with Gasteiger partial charge >= 0.3 is 0 Å². The number of hydrogen-bond acceptors (Lipinski definition) is 2. The highest BCUT2D eigenvalue weighted by atomic mass is 16.3. The molecule has 0 radical (unpaired) electrons. The van der Waals surface area contributed by atoms with E-state index in [0.29, 0.717) is 11.5 Å². The Morgan fingerprint density at radius 1 is 0.767 bits per heavy atom. The van der Waals surface area contributed by atoms with Crippen LogP contribution < -0.4 is 0 Å². The summed E-state index contributed by atoms with van der Waals surface area (Å²) >= 11 is 0. The quantitative estimate of drug-likeness (QED) is 0.460. The van der Waals surface area contributed by atoms with E-state index in [2.05, 4.69) is 87.6 Å². The molecule has 0 fully saturated rings. The second-order valence-electron chi connectivity index (χ2n) is 11.7. The van der Waals surface area contributed by atoms with Crippen LogP contribution in [-0.4, -0.2) is 10.2 Å². The summed E-state index contributed by atoms with van der Waals surface area (Å²) in [5.41, 5.74) is 1.40. The van der Waals surface area contributed by atoms with Crippen molar-refractivity contribution in [3.8, 4) is 0 Å². The van der Waals surface area contributed by atoms with Crippen molar-refractivity contribution in [2.75, 3.05) is 0 Å². The van der Waals surface area contributed by atoms with Gasteiger partial charge in [-0.05, 0) is 42.7 Å². The van der Waals surface area contributed by atoms with E-state index in [4.69, 9.17) is 0 Å². The first-order chi connectivity index (χ1) is 13.6. The zero-order valence-corrected chi connectivity index (χ0v) is 20.5. The van der Waals surface area contributed by atoms with Crippen LogP contribution in [0, 0.1) is 39.4 Å². The molecular formula is C28H42O2. The van der Waals surface area contributed by atoms with Crippen LogP contribution in [0.25, 0.3) is 0 Å². The maximum Gasteiger partial charge on any atom is 0.102 e. The molecule has 2 rings (SSSR count). The molecule has 2 N–H and O–H groups in total. The van der Waals surface area contributed by atoms with E-state index >= 15 is 0 Å². The molecule has 2 nitrogen and oxygen atoms in total. The molecule has 30 heavy (non-hydrogen) atoms. The minimum absolute atomic E-state index is 0.0720. The summed E-state index contributed by atoms with van der Waals surface area (Å²) in [7, 11) is 0. The Bertz CT molecular complexity index is 767. The first-order valence-electron chi connectivity index (χ1n) is 11.0. The smallest absolute Gasteiger partial charge is 0.102 e. The third kappa shape index (κ3) is 3.74. The van der Waals surface area contributed by atoms with Gasteiger partial charge in [-0.1, -0.05) is 83.9 Å². The van der Waals surface area contributed by atoms with Crippen LogP contribution in [0.3, 0.4) is 0 Å². The van der Waals surface area contributed by atoms with Crippen molar-refractivity contribution >= 4 is 0 Å². The number of aliphatic hydroxyl groups excluding tert-OH is 2. The largest absolute Gasteiger partial charge is 0.511 e. The van der Waals surface area contributed by atoms with Gasteiger partial charge in [-0.2, -0.15) is 0 Å². The minimum atomic E-state index is -0.525. The van der Waals surface area contributed by atoms with Crippen LogP contribution >= 0.6 is 0 Å². The maximum absolute atomic E-state index is 10.8. The van der Waals surface area contributed by atoms with Crippen LogP contribution in [0.4, 0.5) is 0 Å². The first-order valence-corrected chi connectivity index (χ1v) is 11.0. The van der Waals surface area contributed by atoms with Crippen molar-refractivity contribution in [3.63, 3.8) is 0 Å². The number of aliphatic hydroxyl groups is 2. The Labute approximate surface area is 184 Å². The lowest BCUT2D eigenvalue weighted by Crippen LogP contribution is -2.44. The van der Waals surface area contributed by atoms with Gasteiger partial charge in [0.1, 0.15) is 11.5 Å². The molecule has 0 aliphatic heterocycles. The van der Waals surface area contributed by atoms with Crippen LogP contribution in [-0.2, 0) is 0 Å². The van der Waals surface area contributed by atoms with Crippen LogP contribution in [0.1, 0.15) is 62.3 Å². The topological polar surface area (TPSA) is 40.5 Å². The lowest BCUT2D eigenvalue weighted by Gasteiger charge is -2.51. The fourth-order valence-corrected chi connectivity index (χ4v) is 6.12. The molecule has 0 amide bonds. The number of allylic oxidation sites excluding steroid dienone is 8. The van der Waals surface area contributed by atoms with Crippen molar-refractivity contribution in [3.05, 3.63) is 72.3 Å². The van der Waals surface area contributed by atoms with E-state index < -0.39 is 10.8 Å². The third-order valence-electron chi connectivity index (χ3n) is 7.42. The first kappa shape index (κ1) is 24.3. The third-order valence-corrected chi connectivity index (χ3v) is 7.42. The molecule has 0 aromatic carbocycles. The van der Waals surface area contributed by atoms with Gasteiger partial charge in [-0.3, -0.25) is 0 Å². The van der Waals surface area contributed by atoms with E-state index in [9.17, 15) is 10.2 Å². The van der Waals surface area contributed by atoms with Gasteiger partial charge in [0.15, 0.2) is 0 Å². The van der Waals surface area contributed by atoms with Crippen molar-refractivity contribution < 1.29 is 10.2 Å². The molecule has 0 heterocycles. The molecule has 0 saturated carbocycles. The summed E-state index contributed by atoms with van der Waals surface area (Å²) in [5, 5.41) is 21.6. The fourth-order valence-electron chi connectivity index (χ4n) is 6.12. The van der Waals surface area contributed by atoms with E-state index in [1.54, 1.807) is 0 Å². The zero-order chi connectivity index (χ0) is 23.3. The van der Waals surface area contributed by atoms with Gasteiger partial charge in [0, 0.05) is 22.7 Å². The van der Waals surface area contributed by atoms with Gasteiger partial charge < -0.3 is 10.2 Å². The molecule has 0 bridgehead atoms. The summed E-state index contributed by atoms with van der Waals surface area (Å²) in [6.07, 6.45) is 11.7. The highest BCUT2D eigenvalue weighted by Gasteiger charge is 2.51. The Balaban J connectivity index is 2.71. The Kier molecular flexibility index (Phi) is 6.18. The van der Waals surface area contributed by atoms with Crippen LogP contribution in [0.5, 0.6) is 0 Å². The Morgan fingerprint density at radius 2 is 1.07 bits per heavy atom. The van der Waals surface area contributed by atoms with Crippen molar-refractivity contribution in [1.82, 2.24) is 0 Å². The monoisotopic (exact) mass is 410 g/mol. The molecule has 4 atom stereocenters. The molecule has 4 unspecified atom stereocenters. The van der Waals surface area contributed by atoms with Gasteiger partial charge in [0.25, 0.3) is 0 Å². The van der Waals surface area contributed by atoms with Crippen molar-refractivity contribution in [2.45, 2.75) is 62.3 Å². The fraction of sp³-hybridized carbons (Fsp3) is 0.571. The van der Waals surface area contributed by atoms with Gasteiger partial charge in [0.05, 0.1) is 0 Å². The zero-order valence-electron chi connectivity index (χ0n) is 20.5. The maximum atomic E-state index is 10.8. The predicted octanol–water partition coefficient (Wildman–Crippen LogP) is 8.10. The second-order valence-corrected chi connectivity index (χ2v) is 11.7. The molecule has 0 saturated heterocycles. The van der Waals surface area contributed by atoms with E-state index in [0.717, 1.165) is 0 Å². The number of hydrogen-bond donors (Lipinski definition) is 2. The molecule has 2 aliphatic carbocycles. The van der Waals surface area contributed by atoms with Crippen molar-refractivity contribution in [1.29, 1.82) is 0 Å². The van der Waals surface area contributed by atoms with E-state index in [-0.39, 0.29) is 28.6 Å². The van der Waals surface area contributed by atoms with Gasteiger partial charge in [-0.15, -0.1) is 13.2 Å². The molecule has 166 valence electrons. The lowest BCUT2D eigenvalue weighted by molar-refractivity contribution is 0.103. The molecular weight excluding hydrogens is 368 g/mol. The molecule has 0 spiro atoms. The van der Waals surface area contributed by atoms with Crippen LogP contribution in [0.15, 0.2) is 72.3 Å². The summed E-state index contributed by atoms with van der Waals surface area (Å²) < 4.78 is 0. The Hall–Kier alpha value is -1.96. The SMILES string of the molecule is C=CC1(C)C(O)=CC=C(C(C)C2=CC=C(O)C(C)(C=C)C2C(C)(C)C)C1C(C)(C)C. The summed E-state index contributed by atoms with van der Waals surface area (Å²) in [6.45, 7) is 28.0. The Morgan fingerprint density at radius 3 is 1.30 bits per heavy atom. The van der Waals surface area contributed by atoms with Gasteiger partial charge in [-0.25, -0.2) is 0 Å². The van der Waals surface area contributed by atoms with Crippen molar-refractivity contribution in [2.24, 2.45) is 39.4 Å². The highest BCUT2D eigenvalue weighted by Crippen LogP contribution is 2.58. The average Bonchev–Trinajstić information content (AvgIpc) is 2.63. The summed E-state index contributed by atoms with van der Waals surface area (Å²) in [4.78, 5) is 0. The predicted molar refractivity (Wildman–Crippen MR) is 129 cm³/mol. The number of rotatable bonds is 4. The molecule has 2 aliphatic rings. The molecule has 2 heteroatoms.